The lowest BCUT2D eigenvalue weighted by Gasteiger charge is -2.21. The van der Waals surface area contributed by atoms with Crippen molar-refractivity contribution in [2.24, 2.45) is 5.92 Å². The third kappa shape index (κ3) is 4.45. The van der Waals surface area contributed by atoms with Gasteiger partial charge in [0.15, 0.2) is 6.10 Å². The number of rotatable bonds is 6. The van der Waals surface area contributed by atoms with Gasteiger partial charge in [-0.05, 0) is 18.1 Å². The molecule has 98 valence electrons. The summed E-state index contributed by atoms with van der Waals surface area (Å²) in [4.78, 5) is 22.2. The van der Waals surface area contributed by atoms with Crippen LogP contribution in [0.15, 0.2) is 30.3 Å². The van der Waals surface area contributed by atoms with E-state index in [0.29, 0.717) is 5.75 Å². The number of para-hydroxylation sites is 1. The van der Waals surface area contributed by atoms with E-state index in [1.54, 1.807) is 12.1 Å². The maximum absolute atomic E-state index is 11.8. The van der Waals surface area contributed by atoms with Crippen LogP contribution in [0.3, 0.4) is 0 Å². The van der Waals surface area contributed by atoms with Gasteiger partial charge in [-0.2, -0.15) is 0 Å². The molecular formula is C13H17NO4. The molecule has 18 heavy (non-hydrogen) atoms. The van der Waals surface area contributed by atoms with Crippen LogP contribution in [0.1, 0.15) is 13.8 Å². The van der Waals surface area contributed by atoms with E-state index in [2.05, 4.69) is 5.32 Å². The molecule has 1 aromatic carbocycles. The highest BCUT2D eigenvalue weighted by Gasteiger charge is 2.24. The predicted molar refractivity (Wildman–Crippen MR) is 66.3 cm³/mol. The van der Waals surface area contributed by atoms with E-state index in [-0.39, 0.29) is 5.92 Å². The fourth-order valence-corrected chi connectivity index (χ4v) is 1.40. The van der Waals surface area contributed by atoms with Gasteiger partial charge >= 0.3 is 5.97 Å². The lowest BCUT2D eigenvalue weighted by molar-refractivity contribution is -0.139. The Morgan fingerprint density at radius 2 is 1.89 bits per heavy atom. The van der Waals surface area contributed by atoms with E-state index in [4.69, 9.17) is 9.84 Å². The van der Waals surface area contributed by atoms with Crippen LogP contribution in [0.25, 0.3) is 0 Å². The molecule has 0 aliphatic heterocycles. The van der Waals surface area contributed by atoms with E-state index in [0.717, 1.165) is 0 Å². The fourth-order valence-electron chi connectivity index (χ4n) is 1.40. The molecule has 5 nitrogen and oxygen atoms in total. The van der Waals surface area contributed by atoms with Gasteiger partial charge in [-0.15, -0.1) is 0 Å². The molecule has 0 heterocycles. The van der Waals surface area contributed by atoms with E-state index in [1.165, 1.54) is 0 Å². The van der Waals surface area contributed by atoms with Crippen molar-refractivity contribution < 1.29 is 19.4 Å². The number of carbonyl (C=O) groups excluding carboxylic acids is 1. The second-order valence-corrected chi connectivity index (χ2v) is 4.21. The Kier molecular flexibility index (Phi) is 5.17. The van der Waals surface area contributed by atoms with Crippen molar-refractivity contribution in [1.29, 1.82) is 0 Å². The molecule has 1 unspecified atom stereocenters. The monoisotopic (exact) mass is 251 g/mol. The number of hydrogen-bond acceptors (Lipinski definition) is 3. The fraction of sp³-hybridized carbons (Fsp3) is 0.385. The lowest BCUT2D eigenvalue weighted by Crippen LogP contribution is -2.43. The van der Waals surface area contributed by atoms with Gasteiger partial charge in [0.1, 0.15) is 12.3 Å². The summed E-state index contributed by atoms with van der Waals surface area (Å²) < 4.78 is 5.57. The van der Waals surface area contributed by atoms with E-state index in [1.807, 2.05) is 32.0 Å². The highest BCUT2D eigenvalue weighted by molar-refractivity contribution is 5.84. The minimum Gasteiger partial charge on any atom is -0.480 e. The maximum atomic E-state index is 11.8. The number of ether oxygens (including phenoxy) is 1. The lowest BCUT2D eigenvalue weighted by atomic mass is 10.1. The van der Waals surface area contributed by atoms with Gasteiger partial charge in [0.05, 0.1) is 0 Å². The van der Waals surface area contributed by atoms with Crippen LogP contribution in [0.4, 0.5) is 0 Å². The Hall–Kier alpha value is -2.04. The molecule has 0 aromatic heterocycles. The number of nitrogens with one attached hydrogen (secondary N) is 1. The van der Waals surface area contributed by atoms with Crippen molar-refractivity contribution in [1.82, 2.24) is 5.32 Å². The van der Waals surface area contributed by atoms with Crippen molar-refractivity contribution in [2.75, 3.05) is 6.54 Å². The molecule has 2 N–H and O–H groups in total. The van der Waals surface area contributed by atoms with Crippen molar-refractivity contribution >= 4 is 11.9 Å². The van der Waals surface area contributed by atoms with Crippen LogP contribution in [0.2, 0.25) is 0 Å². The summed E-state index contributed by atoms with van der Waals surface area (Å²) in [6.07, 6.45) is -0.702. The quantitative estimate of drug-likeness (QED) is 0.798. The number of carboxylic acids is 1. The molecule has 0 spiro atoms. The van der Waals surface area contributed by atoms with Gasteiger partial charge in [0, 0.05) is 0 Å². The van der Waals surface area contributed by atoms with Gasteiger partial charge in [0.25, 0.3) is 5.91 Å². The number of carboxylic acid groups (broad SMARTS) is 1. The third-order valence-corrected chi connectivity index (χ3v) is 2.28. The number of aliphatic carboxylic acids is 1. The normalized spacial score (nSPS) is 11.9. The summed E-state index contributed by atoms with van der Waals surface area (Å²) in [6.45, 7) is 3.28. The molecule has 1 amide bonds. The first-order valence-corrected chi connectivity index (χ1v) is 5.72. The Morgan fingerprint density at radius 3 is 2.39 bits per heavy atom. The summed E-state index contributed by atoms with van der Waals surface area (Å²) in [7, 11) is 0. The Balaban J connectivity index is 2.65. The smallest absolute Gasteiger partial charge is 0.322 e. The highest BCUT2D eigenvalue weighted by atomic mass is 16.5. The Morgan fingerprint density at radius 1 is 1.28 bits per heavy atom. The van der Waals surface area contributed by atoms with Crippen molar-refractivity contribution in [3.05, 3.63) is 30.3 Å². The summed E-state index contributed by atoms with van der Waals surface area (Å²) >= 11 is 0. The molecule has 1 rings (SSSR count). The summed E-state index contributed by atoms with van der Waals surface area (Å²) in [5.41, 5.74) is 0. The largest absolute Gasteiger partial charge is 0.480 e. The molecule has 0 radical (unpaired) electrons. The summed E-state index contributed by atoms with van der Waals surface area (Å²) in [5, 5.41) is 10.8. The van der Waals surface area contributed by atoms with Gasteiger partial charge in [-0.1, -0.05) is 32.0 Å². The second-order valence-electron chi connectivity index (χ2n) is 4.21. The number of hydrogen-bond donors (Lipinski definition) is 2. The van der Waals surface area contributed by atoms with Crippen LogP contribution >= 0.6 is 0 Å². The number of amides is 1. The minimum absolute atomic E-state index is 0.0565. The molecule has 1 aromatic rings. The zero-order valence-electron chi connectivity index (χ0n) is 10.4. The molecular weight excluding hydrogens is 234 g/mol. The number of benzene rings is 1. The molecule has 0 fully saturated rings. The molecule has 0 bridgehead atoms. The highest BCUT2D eigenvalue weighted by Crippen LogP contribution is 2.15. The first-order chi connectivity index (χ1) is 8.50. The van der Waals surface area contributed by atoms with Crippen LogP contribution < -0.4 is 10.1 Å². The zero-order chi connectivity index (χ0) is 13.5. The van der Waals surface area contributed by atoms with Gasteiger partial charge < -0.3 is 15.2 Å². The SMILES string of the molecule is CC(C)C(Oc1ccccc1)C(=O)NCC(=O)O. The average Bonchev–Trinajstić information content (AvgIpc) is 2.34. The maximum Gasteiger partial charge on any atom is 0.322 e. The zero-order valence-corrected chi connectivity index (χ0v) is 10.4. The number of carbonyl (C=O) groups is 2. The van der Waals surface area contributed by atoms with Crippen molar-refractivity contribution in [2.45, 2.75) is 20.0 Å². The summed E-state index contributed by atoms with van der Waals surface area (Å²) in [5.74, 6) is -0.970. The first kappa shape index (κ1) is 14.0. The van der Waals surface area contributed by atoms with Gasteiger partial charge in [-0.3, -0.25) is 9.59 Å². The first-order valence-electron chi connectivity index (χ1n) is 5.72. The van der Waals surface area contributed by atoms with Crippen molar-refractivity contribution in [3.8, 4) is 5.75 Å². The molecule has 0 aliphatic rings. The molecule has 0 saturated heterocycles. The molecule has 0 aliphatic carbocycles. The van der Waals surface area contributed by atoms with Crippen LogP contribution in [0.5, 0.6) is 5.75 Å². The minimum atomic E-state index is -1.08. The van der Waals surface area contributed by atoms with Gasteiger partial charge in [0.2, 0.25) is 0 Å². The topological polar surface area (TPSA) is 75.6 Å². The van der Waals surface area contributed by atoms with Crippen LogP contribution in [-0.2, 0) is 9.59 Å². The third-order valence-electron chi connectivity index (χ3n) is 2.28. The molecule has 1 atom stereocenters. The van der Waals surface area contributed by atoms with Gasteiger partial charge in [-0.25, -0.2) is 0 Å². The van der Waals surface area contributed by atoms with Crippen molar-refractivity contribution in [3.63, 3.8) is 0 Å². The standard InChI is InChI=1S/C13H17NO4/c1-9(2)12(13(17)14-8-11(15)16)18-10-6-4-3-5-7-10/h3-7,9,12H,8H2,1-2H3,(H,14,17)(H,15,16). The van der Waals surface area contributed by atoms with Crippen LogP contribution in [0, 0.1) is 5.92 Å². The van der Waals surface area contributed by atoms with E-state index >= 15 is 0 Å². The Labute approximate surface area is 106 Å². The van der Waals surface area contributed by atoms with E-state index in [9.17, 15) is 9.59 Å². The predicted octanol–water partition coefficient (Wildman–Crippen LogP) is 1.29. The van der Waals surface area contributed by atoms with Crippen LogP contribution in [-0.4, -0.2) is 29.6 Å². The average molecular weight is 251 g/mol. The summed E-state index contributed by atoms with van der Waals surface area (Å²) in [6, 6.07) is 8.96. The Bertz CT molecular complexity index is 403. The molecule has 0 saturated carbocycles. The van der Waals surface area contributed by atoms with E-state index < -0.39 is 24.5 Å². The molecule has 5 heteroatoms. The second kappa shape index (κ2) is 6.64.